The van der Waals surface area contributed by atoms with E-state index in [4.69, 9.17) is 0 Å². The van der Waals surface area contributed by atoms with Crippen LogP contribution in [-0.2, 0) is 6.42 Å². The monoisotopic (exact) mass is 303 g/mol. The van der Waals surface area contributed by atoms with E-state index in [0.29, 0.717) is 24.3 Å². The number of rotatable bonds is 4. The topological polar surface area (TPSA) is 37.8 Å². The molecule has 3 rings (SSSR count). The van der Waals surface area contributed by atoms with Gasteiger partial charge < -0.3 is 5.32 Å². The minimum Gasteiger partial charge on any atom is -0.369 e. The molecule has 6 heteroatoms. The molecule has 3 aromatic rings. The van der Waals surface area contributed by atoms with Gasteiger partial charge in [0, 0.05) is 11.9 Å². The predicted octanol–water partition coefficient (Wildman–Crippen LogP) is 3.70. The molecule has 0 spiro atoms. The molecule has 0 saturated heterocycles. The third-order valence-electron chi connectivity index (χ3n) is 3.29. The van der Waals surface area contributed by atoms with Crippen LogP contribution < -0.4 is 5.32 Å². The number of nitrogens with one attached hydrogen (secondary N) is 1. The third kappa shape index (κ3) is 2.86. The van der Waals surface area contributed by atoms with Crippen LogP contribution in [0.3, 0.4) is 0 Å². The summed E-state index contributed by atoms with van der Waals surface area (Å²) in [7, 11) is 0. The zero-order chi connectivity index (χ0) is 15.5. The minimum atomic E-state index is -1.45. The highest BCUT2D eigenvalue weighted by Gasteiger charge is 2.10. The first-order valence-electron chi connectivity index (χ1n) is 6.72. The van der Waals surface area contributed by atoms with Crippen molar-refractivity contribution in [3.63, 3.8) is 0 Å². The van der Waals surface area contributed by atoms with E-state index in [1.807, 2.05) is 24.3 Å². The number of benzene rings is 2. The van der Waals surface area contributed by atoms with Gasteiger partial charge in [0.15, 0.2) is 17.5 Å². The Labute approximate surface area is 124 Å². The van der Waals surface area contributed by atoms with Gasteiger partial charge in [0.05, 0.1) is 5.52 Å². The molecule has 3 nitrogen and oxygen atoms in total. The Morgan fingerprint density at radius 2 is 1.68 bits per heavy atom. The first-order valence-corrected chi connectivity index (χ1v) is 6.72. The summed E-state index contributed by atoms with van der Waals surface area (Å²) in [6, 6.07) is 9.50. The molecule has 0 unspecified atom stereocenters. The maximum absolute atomic E-state index is 13.1. The summed E-state index contributed by atoms with van der Waals surface area (Å²) < 4.78 is 39.2. The molecule has 22 heavy (non-hydrogen) atoms. The third-order valence-corrected chi connectivity index (χ3v) is 3.29. The van der Waals surface area contributed by atoms with Crippen LogP contribution in [0.15, 0.2) is 42.7 Å². The van der Waals surface area contributed by atoms with E-state index >= 15 is 0 Å². The van der Waals surface area contributed by atoms with E-state index < -0.39 is 17.5 Å². The van der Waals surface area contributed by atoms with Crippen molar-refractivity contribution in [2.45, 2.75) is 6.42 Å². The molecule has 0 aliphatic heterocycles. The molecule has 0 saturated carbocycles. The molecule has 0 bridgehead atoms. The molecule has 1 heterocycles. The highest BCUT2D eigenvalue weighted by atomic mass is 19.2. The molecule has 1 N–H and O–H groups in total. The van der Waals surface area contributed by atoms with Gasteiger partial charge in [0.25, 0.3) is 0 Å². The fraction of sp³-hybridized carbons (Fsp3) is 0.125. The van der Waals surface area contributed by atoms with Crippen molar-refractivity contribution in [1.82, 2.24) is 9.97 Å². The molecule has 2 aromatic carbocycles. The Morgan fingerprint density at radius 1 is 0.955 bits per heavy atom. The highest BCUT2D eigenvalue weighted by molar-refractivity contribution is 5.88. The first-order chi connectivity index (χ1) is 10.6. The molecule has 0 aliphatic carbocycles. The number of halogens is 3. The number of hydrogen-bond acceptors (Lipinski definition) is 3. The minimum absolute atomic E-state index is 0.340. The van der Waals surface area contributed by atoms with Crippen molar-refractivity contribution < 1.29 is 13.2 Å². The van der Waals surface area contributed by atoms with Crippen molar-refractivity contribution >= 4 is 16.7 Å². The predicted molar refractivity (Wildman–Crippen MR) is 78.0 cm³/mol. The summed E-state index contributed by atoms with van der Waals surface area (Å²) in [5, 5.41) is 3.96. The van der Waals surface area contributed by atoms with Gasteiger partial charge in [-0.3, -0.25) is 0 Å². The van der Waals surface area contributed by atoms with Crippen LogP contribution in [0.5, 0.6) is 0 Å². The first kappa shape index (κ1) is 14.3. The van der Waals surface area contributed by atoms with E-state index in [1.54, 1.807) is 0 Å². The highest BCUT2D eigenvalue weighted by Crippen LogP contribution is 2.19. The van der Waals surface area contributed by atoms with Crippen LogP contribution in [0.25, 0.3) is 10.9 Å². The maximum atomic E-state index is 13.1. The molecule has 0 amide bonds. The molecule has 0 atom stereocenters. The quantitative estimate of drug-likeness (QED) is 0.747. The number of fused-ring (bicyclic) bond motifs is 1. The van der Waals surface area contributed by atoms with Crippen molar-refractivity contribution in [3.8, 4) is 0 Å². The van der Waals surface area contributed by atoms with E-state index in [0.717, 1.165) is 23.0 Å². The molecule has 112 valence electrons. The van der Waals surface area contributed by atoms with Gasteiger partial charge >= 0.3 is 0 Å². The zero-order valence-electron chi connectivity index (χ0n) is 11.5. The second-order valence-corrected chi connectivity index (χ2v) is 4.79. The lowest BCUT2D eigenvalue weighted by atomic mass is 10.1. The number of anilines is 1. The van der Waals surface area contributed by atoms with Gasteiger partial charge in [0.1, 0.15) is 12.1 Å². The van der Waals surface area contributed by atoms with E-state index in [1.165, 1.54) is 6.33 Å². The fourth-order valence-electron chi connectivity index (χ4n) is 2.22. The molecule has 1 aromatic heterocycles. The lowest BCUT2D eigenvalue weighted by Crippen LogP contribution is -2.08. The Bertz CT molecular complexity index is 792. The average molecular weight is 303 g/mol. The Hall–Kier alpha value is -2.63. The van der Waals surface area contributed by atoms with Crippen molar-refractivity contribution in [2.24, 2.45) is 0 Å². The fourth-order valence-corrected chi connectivity index (χ4v) is 2.22. The van der Waals surface area contributed by atoms with Gasteiger partial charge in [-0.2, -0.15) is 0 Å². The largest absolute Gasteiger partial charge is 0.369 e. The number of nitrogens with zero attached hydrogens (tertiary/aromatic N) is 2. The lowest BCUT2D eigenvalue weighted by Gasteiger charge is -2.08. The second kappa shape index (κ2) is 6.01. The summed E-state index contributed by atoms with van der Waals surface area (Å²) in [5.41, 5.74) is 1.18. The maximum Gasteiger partial charge on any atom is 0.194 e. The summed E-state index contributed by atoms with van der Waals surface area (Å²) in [5.74, 6) is -3.16. The molecule has 0 fully saturated rings. The summed E-state index contributed by atoms with van der Waals surface area (Å²) >= 11 is 0. The van der Waals surface area contributed by atoms with Crippen molar-refractivity contribution in [2.75, 3.05) is 11.9 Å². The SMILES string of the molecule is Fc1cc(CCNc2ncnc3ccccc23)cc(F)c1F. The lowest BCUT2D eigenvalue weighted by molar-refractivity contribution is 0.445. The van der Waals surface area contributed by atoms with Gasteiger partial charge in [-0.25, -0.2) is 23.1 Å². The van der Waals surface area contributed by atoms with Crippen molar-refractivity contribution in [1.29, 1.82) is 0 Å². The van der Waals surface area contributed by atoms with Crippen LogP contribution in [0, 0.1) is 17.5 Å². The van der Waals surface area contributed by atoms with Gasteiger partial charge in [-0.15, -0.1) is 0 Å². The molecule has 0 aliphatic rings. The number of aromatic nitrogens is 2. The Morgan fingerprint density at radius 3 is 2.45 bits per heavy atom. The van der Waals surface area contributed by atoms with Gasteiger partial charge in [-0.05, 0) is 36.2 Å². The van der Waals surface area contributed by atoms with Crippen LogP contribution in [0.4, 0.5) is 19.0 Å². The summed E-state index contributed by atoms with van der Waals surface area (Å²) in [6.07, 6.45) is 1.79. The van der Waals surface area contributed by atoms with Gasteiger partial charge in [0.2, 0.25) is 0 Å². The van der Waals surface area contributed by atoms with Gasteiger partial charge in [-0.1, -0.05) is 12.1 Å². The molecule has 0 radical (unpaired) electrons. The number of para-hydroxylation sites is 1. The standard InChI is InChI=1S/C16H12F3N3/c17-12-7-10(8-13(18)15(12)19)5-6-20-16-11-3-1-2-4-14(11)21-9-22-16/h1-4,7-9H,5-6H2,(H,20,21,22). The van der Waals surface area contributed by atoms with E-state index in [9.17, 15) is 13.2 Å². The van der Waals surface area contributed by atoms with Crippen LogP contribution in [-0.4, -0.2) is 16.5 Å². The summed E-state index contributed by atoms with van der Waals surface area (Å²) in [6.45, 7) is 0.408. The number of hydrogen-bond donors (Lipinski definition) is 1. The zero-order valence-corrected chi connectivity index (χ0v) is 11.5. The van der Waals surface area contributed by atoms with E-state index in [2.05, 4.69) is 15.3 Å². The molecular formula is C16H12F3N3. The normalized spacial score (nSPS) is 10.9. The smallest absolute Gasteiger partial charge is 0.194 e. The average Bonchev–Trinajstić information content (AvgIpc) is 2.53. The second-order valence-electron chi connectivity index (χ2n) is 4.79. The van der Waals surface area contributed by atoms with E-state index in [-0.39, 0.29) is 0 Å². The molecular weight excluding hydrogens is 291 g/mol. The Kier molecular flexibility index (Phi) is 3.91. The van der Waals surface area contributed by atoms with Crippen LogP contribution in [0.1, 0.15) is 5.56 Å². The summed E-state index contributed by atoms with van der Waals surface area (Å²) in [4.78, 5) is 8.31. The van der Waals surface area contributed by atoms with Crippen LogP contribution in [0.2, 0.25) is 0 Å². The Balaban J connectivity index is 1.73. The van der Waals surface area contributed by atoms with Crippen LogP contribution >= 0.6 is 0 Å². The van der Waals surface area contributed by atoms with Crippen molar-refractivity contribution in [3.05, 3.63) is 65.7 Å².